The topological polar surface area (TPSA) is 76.5 Å². The molecule has 8 nitrogen and oxygen atoms in total. The summed E-state index contributed by atoms with van der Waals surface area (Å²) in [7, 11) is 0. The van der Waals surface area contributed by atoms with Crippen molar-refractivity contribution in [3.05, 3.63) is 52.9 Å². The van der Waals surface area contributed by atoms with Gasteiger partial charge in [-0.2, -0.15) is 4.98 Å². The molecule has 2 aliphatic rings. The molecule has 0 spiro atoms. The summed E-state index contributed by atoms with van der Waals surface area (Å²) >= 11 is 6.47. The number of hydrogen-bond acceptors (Lipinski definition) is 7. The number of hydrogen-bond donors (Lipinski definition) is 2. The van der Waals surface area contributed by atoms with Crippen LogP contribution in [0.5, 0.6) is 11.5 Å². The summed E-state index contributed by atoms with van der Waals surface area (Å²) in [6, 6.07) is 5.69. The number of anilines is 2. The van der Waals surface area contributed by atoms with E-state index in [2.05, 4.69) is 44.8 Å². The zero-order valence-corrected chi connectivity index (χ0v) is 18.9. The van der Waals surface area contributed by atoms with E-state index in [1.165, 1.54) is 17.5 Å². The molecule has 2 aliphatic heterocycles. The van der Waals surface area contributed by atoms with Crippen LogP contribution in [0.3, 0.4) is 0 Å². The van der Waals surface area contributed by atoms with Crippen molar-refractivity contribution in [2.24, 2.45) is 0 Å². The van der Waals surface area contributed by atoms with Gasteiger partial charge in [-0.1, -0.05) is 11.6 Å². The smallest absolute Gasteiger partial charge is 0.229 e. The lowest BCUT2D eigenvalue weighted by molar-refractivity contribution is 0.171. The van der Waals surface area contributed by atoms with Crippen LogP contribution in [0.25, 0.3) is 5.82 Å². The Morgan fingerprint density at radius 2 is 2.00 bits per heavy atom. The molecule has 3 aromatic rings. The van der Waals surface area contributed by atoms with Crippen LogP contribution >= 0.6 is 11.6 Å². The third kappa shape index (κ3) is 4.67. The van der Waals surface area contributed by atoms with Gasteiger partial charge >= 0.3 is 0 Å². The molecule has 0 atom stereocenters. The van der Waals surface area contributed by atoms with Gasteiger partial charge in [-0.25, -0.2) is 4.98 Å². The van der Waals surface area contributed by atoms with Crippen molar-refractivity contribution in [2.75, 3.05) is 44.7 Å². The molecule has 2 aromatic heterocycles. The van der Waals surface area contributed by atoms with Gasteiger partial charge in [-0.3, -0.25) is 4.90 Å². The standard InChI is InChI=1S/C23H27ClN6O2/c1-16-13-30(15-17(16)14-29-7-2-5-25-6-8-29)22-19(24)12-26-23(28-22)27-18-3-4-20-21(11-18)32-10-9-31-20/h3-4,11-13,15,25H,2,5-10,14H2,1H3,(H,26,27,28). The molecule has 0 bridgehead atoms. The van der Waals surface area contributed by atoms with E-state index >= 15 is 0 Å². The number of aryl methyl sites for hydroxylation is 1. The van der Waals surface area contributed by atoms with Crippen molar-refractivity contribution >= 4 is 23.2 Å². The fourth-order valence-electron chi connectivity index (χ4n) is 4.04. The Bertz CT molecular complexity index is 1090. The van der Waals surface area contributed by atoms with Gasteiger partial charge < -0.3 is 24.7 Å². The number of halogens is 1. The van der Waals surface area contributed by atoms with Crippen molar-refractivity contribution in [1.82, 2.24) is 24.8 Å². The Labute approximate surface area is 192 Å². The van der Waals surface area contributed by atoms with E-state index in [0.717, 1.165) is 44.2 Å². The quantitative estimate of drug-likeness (QED) is 0.610. The largest absolute Gasteiger partial charge is 0.486 e. The zero-order chi connectivity index (χ0) is 21.9. The fourth-order valence-corrected chi connectivity index (χ4v) is 4.23. The van der Waals surface area contributed by atoms with Crippen LogP contribution in [0.15, 0.2) is 36.8 Å². The first kappa shape index (κ1) is 21.1. The summed E-state index contributed by atoms with van der Waals surface area (Å²) in [4.78, 5) is 11.5. The lowest BCUT2D eigenvalue weighted by Gasteiger charge is -2.19. The minimum absolute atomic E-state index is 0.465. The minimum atomic E-state index is 0.465. The summed E-state index contributed by atoms with van der Waals surface area (Å²) in [6.07, 6.45) is 7.00. The normalized spacial score (nSPS) is 16.6. The summed E-state index contributed by atoms with van der Waals surface area (Å²) in [5.74, 6) is 2.57. The van der Waals surface area contributed by atoms with E-state index in [0.29, 0.717) is 35.8 Å². The third-order valence-electron chi connectivity index (χ3n) is 5.73. The summed E-state index contributed by atoms with van der Waals surface area (Å²) < 4.78 is 13.2. The summed E-state index contributed by atoms with van der Waals surface area (Å²) in [5.41, 5.74) is 3.32. The van der Waals surface area contributed by atoms with Gasteiger partial charge in [0.2, 0.25) is 5.95 Å². The number of aromatic nitrogens is 3. The van der Waals surface area contributed by atoms with Gasteiger partial charge in [0, 0.05) is 43.8 Å². The molecule has 1 aromatic carbocycles. The van der Waals surface area contributed by atoms with Gasteiger partial charge in [-0.15, -0.1) is 0 Å². The lowest BCUT2D eigenvalue weighted by Crippen LogP contribution is -2.27. The predicted molar refractivity (Wildman–Crippen MR) is 125 cm³/mol. The second kappa shape index (κ2) is 9.36. The molecule has 1 saturated heterocycles. The number of nitrogens with one attached hydrogen (secondary N) is 2. The van der Waals surface area contributed by atoms with Crippen LogP contribution in [-0.2, 0) is 6.54 Å². The molecule has 0 amide bonds. The molecular formula is C23H27ClN6O2. The summed E-state index contributed by atoms with van der Waals surface area (Å²) in [5, 5.41) is 7.19. The molecule has 2 N–H and O–H groups in total. The maximum atomic E-state index is 6.47. The number of nitrogens with zero attached hydrogens (tertiary/aromatic N) is 4. The van der Waals surface area contributed by atoms with Crippen LogP contribution < -0.4 is 20.1 Å². The van der Waals surface area contributed by atoms with Gasteiger partial charge in [0.15, 0.2) is 17.3 Å². The first-order valence-corrected chi connectivity index (χ1v) is 11.3. The highest BCUT2D eigenvalue weighted by Crippen LogP contribution is 2.33. The molecule has 0 unspecified atom stereocenters. The van der Waals surface area contributed by atoms with Gasteiger partial charge in [0.1, 0.15) is 18.2 Å². The molecule has 0 saturated carbocycles. The van der Waals surface area contributed by atoms with Crippen LogP contribution in [0.4, 0.5) is 11.6 Å². The van der Waals surface area contributed by atoms with E-state index in [9.17, 15) is 0 Å². The van der Waals surface area contributed by atoms with Crippen molar-refractivity contribution in [1.29, 1.82) is 0 Å². The molecule has 168 valence electrons. The molecule has 32 heavy (non-hydrogen) atoms. The molecule has 5 rings (SSSR count). The highest BCUT2D eigenvalue weighted by molar-refractivity contribution is 6.32. The monoisotopic (exact) mass is 454 g/mol. The van der Waals surface area contributed by atoms with E-state index in [4.69, 9.17) is 21.1 Å². The SMILES string of the molecule is Cc1cn(-c2nc(Nc3ccc4c(c3)OCCO4)ncc2Cl)cc1CN1CCCNCC1. The maximum absolute atomic E-state index is 6.47. The van der Waals surface area contributed by atoms with Crippen LogP contribution in [-0.4, -0.2) is 58.8 Å². The molecule has 4 heterocycles. The number of rotatable bonds is 5. The molecule has 9 heteroatoms. The Balaban J connectivity index is 1.36. The van der Waals surface area contributed by atoms with Crippen molar-refractivity contribution in [2.45, 2.75) is 19.9 Å². The number of benzene rings is 1. The van der Waals surface area contributed by atoms with Crippen molar-refractivity contribution < 1.29 is 9.47 Å². The van der Waals surface area contributed by atoms with Crippen LogP contribution in [0.1, 0.15) is 17.5 Å². The molecule has 0 aliphatic carbocycles. The average Bonchev–Trinajstić information content (AvgIpc) is 2.98. The van der Waals surface area contributed by atoms with Crippen molar-refractivity contribution in [3.63, 3.8) is 0 Å². The fraction of sp³-hybridized carbons (Fsp3) is 0.391. The first-order valence-electron chi connectivity index (χ1n) is 11.0. The van der Waals surface area contributed by atoms with Gasteiger partial charge in [0.25, 0.3) is 0 Å². The minimum Gasteiger partial charge on any atom is -0.486 e. The second-order valence-electron chi connectivity index (χ2n) is 8.10. The Morgan fingerprint density at radius 1 is 1.12 bits per heavy atom. The Morgan fingerprint density at radius 3 is 2.91 bits per heavy atom. The lowest BCUT2D eigenvalue weighted by atomic mass is 10.2. The molecular weight excluding hydrogens is 428 g/mol. The average molecular weight is 455 g/mol. The highest BCUT2D eigenvalue weighted by Gasteiger charge is 2.16. The van der Waals surface area contributed by atoms with Gasteiger partial charge in [-0.05, 0) is 49.7 Å². The van der Waals surface area contributed by atoms with Crippen LogP contribution in [0.2, 0.25) is 5.02 Å². The zero-order valence-electron chi connectivity index (χ0n) is 18.1. The van der Waals surface area contributed by atoms with Crippen molar-refractivity contribution in [3.8, 4) is 17.3 Å². The number of ether oxygens (including phenoxy) is 2. The first-order chi connectivity index (χ1) is 15.7. The maximum Gasteiger partial charge on any atom is 0.229 e. The Hall–Kier alpha value is -2.81. The highest BCUT2D eigenvalue weighted by atomic mass is 35.5. The molecule has 0 radical (unpaired) electrons. The van der Waals surface area contributed by atoms with Crippen LogP contribution in [0, 0.1) is 6.92 Å². The molecule has 1 fully saturated rings. The van der Waals surface area contributed by atoms with E-state index in [1.54, 1.807) is 6.20 Å². The van der Waals surface area contributed by atoms with Gasteiger partial charge in [0.05, 0.1) is 6.20 Å². The van der Waals surface area contributed by atoms with E-state index < -0.39 is 0 Å². The predicted octanol–water partition coefficient (Wildman–Crippen LogP) is 3.54. The van der Waals surface area contributed by atoms with E-state index in [-0.39, 0.29) is 0 Å². The number of fused-ring (bicyclic) bond motifs is 1. The second-order valence-corrected chi connectivity index (χ2v) is 8.51. The summed E-state index contributed by atoms with van der Waals surface area (Å²) in [6.45, 7) is 8.45. The Kier molecular flexibility index (Phi) is 6.16. The van der Waals surface area contributed by atoms with E-state index in [1.807, 2.05) is 22.8 Å². The third-order valence-corrected chi connectivity index (χ3v) is 6.00.